The molecule has 4 N–H and O–H groups in total. The molecule has 20 heavy (non-hydrogen) atoms. The van der Waals surface area contributed by atoms with E-state index in [0.29, 0.717) is 5.82 Å². The van der Waals surface area contributed by atoms with Gasteiger partial charge in [0.15, 0.2) is 0 Å². The average Bonchev–Trinajstić information content (AvgIpc) is 2.86. The molecular formula is C11H12BrFN4O2S. The predicted octanol–water partition coefficient (Wildman–Crippen LogP) is 1.93. The lowest BCUT2D eigenvalue weighted by atomic mass is 10.3. The van der Waals surface area contributed by atoms with Gasteiger partial charge in [0.1, 0.15) is 16.5 Å². The molecule has 0 spiro atoms. The van der Waals surface area contributed by atoms with Crippen LogP contribution in [-0.2, 0) is 10.0 Å². The van der Waals surface area contributed by atoms with Gasteiger partial charge in [0, 0.05) is 12.4 Å². The van der Waals surface area contributed by atoms with Crippen LogP contribution in [0.2, 0.25) is 0 Å². The third kappa shape index (κ3) is 3.00. The Hall–Kier alpha value is -1.45. The standard InChI is InChI=1S/C11H12BrFN4O2S/c1-6(11-15-2-3-16-11)17-20(18,19)10-4-7(12)8(13)5-9(10)14/h2-6,17H,14H2,1H3,(H,15,16). The topological polar surface area (TPSA) is 101 Å². The summed E-state index contributed by atoms with van der Waals surface area (Å²) in [5, 5.41) is 0. The molecule has 0 saturated heterocycles. The smallest absolute Gasteiger partial charge is 0.243 e. The number of nitrogen functional groups attached to an aromatic ring is 1. The van der Waals surface area contributed by atoms with Gasteiger partial charge in [-0.05, 0) is 35.0 Å². The van der Waals surface area contributed by atoms with E-state index in [-0.39, 0.29) is 15.1 Å². The third-order valence-corrected chi connectivity index (χ3v) is 4.81. The van der Waals surface area contributed by atoms with Crippen LogP contribution in [0.1, 0.15) is 18.8 Å². The lowest BCUT2D eigenvalue weighted by molar-refractivity contribution is 0.561. The van der Waals surface area contributed by atoms with Crippen LogP contribution in [0.15, 0.2) is 33.9 Å². The Balaban J connectivity index is 2.34. The van der Waals surface area contributed by atoms with Crippen molar-refractivity contribution in [2.45, 2.75) is 17.9 Å². The van der Waals surface area contributed by atoms with Gasteiger partial charge in [0.2, 0.25) is 10.0 Å². The molecule has 0 radical (unpaired) electrons. The van der Waals surface area contributed by atoms with E-state index < -0.39 is 21.9 Å². The molecular weight excluding hydrogens is 351 g/mol. The van der Waals surface area contributed by atoms with Crippen LogP contribution in [0.5, 0.6) is 0 Å². The second kappa shape index (κ2) is 5.51. The fraction of sp³-hybridized carbons (Fsp3) is 0.182. The third-order valence-electron chi connectivity index (χ3n) is 2.60. The van der Waals surface area contributed by atoms with Crippen LogP contribution in [0.25, 0.3) is 0 Å². The van der Waals surface area contributed by atoms with Gasteiger partial charge in [-0.15, -0.1) is 0 Å². The van der Waals surface area contributed by atoms with Gasteiger partial charge in [0.25, 0.3) is 0 Å². The zero-order valence-electron chi connectivity index (χ0n) is 10.4. The number of anilines is 1. The highest BCUT2D eigenvalue weighted by atomic mass is 79.9. The number of benzene rings is 1. The molecule has 2 aromatic rings. The van der Waals surface area contributed by atoms with Crippen LogP contribution >= 0.6 is 15.9 Å². The summed E-state index contributed by atoms with van der Waals surface area (Å²) in [5.74, 6) is -0.158. The van der Waals surface area contributed by atoms with Gasteiger partial charge in [0.05, 0.1) is 16.2 Å². The van der Waals surface area contributed by atoms with Crippen molar-refractivity contribution in [3.05, 3.63) is 40.6 Å². The first-order valence-corrected chi connectivity index (χ1v) is 7.85. The summed E-state index contributed by atoms with van der Waals surface area (Å²) in [6.45, 7) is 1.63. The molecule has 1 heterocycles. The summed E-state index contributed by atoms with van der Waals surface area (Å²) in [5.41, 5.74) is 5.41. The second-order valence-corrected chi connectivity index (χ2v) is 6.66. The van der Waals surface area contributed by atoms with Crippen LogP contribution in [0, 0.1) is 5.82 Å². The highest BCUT2D eigenvalue weighted by Gasteiger charge is 2.23. The molecule has 0 aliphatic heterocycles. The summed E-state index contributed by atoms with van der Waals surface area (Å²) in [4.78, 5) is 6.58. The van der Waals surface area contributed by atoms with Crippen molar-refractivity contribution in [2.24, 2.45) is 0 Å². The molecule has 1 atom stereocenters. The molecule has 0 aliphatic carbocycles. The number of nitrogens with two attached hydrogens (primary N) is 1. The minimum absolute atomic E-state index is 0.0257. The maximum absolute atomic E-state index is 13.3. The van der Waals surface area contributed by atoms with E-state index in [4.69, 9.17) is 5.73 Å². The summed E-state index contributed by atoms with van der Waals surface area (Å²) in [6, 6.07) is 1.51. The van der Waals surface area contributed by atoms with Crippen LogP contribution in [0.3, 0.4) is 0 Å². The van der Waals surface area contributed by atoms with Crippen LogP contribution in [-0.4, -0.2) is 18.4 Å². The van der Waals surface area contributed by atoms with Gasteiger partial charge in [-0.2, -0.15) is 0 Å². The Kier molecular flexibility index (Phi) is 4.11. The Morgan fingerprint density at radius 2 is 2.20 bits per heavy atom. The molecule has 9 heteroatoms. The maximum atomic E-state index is 13.3. The molecule has 0 aliphatic rings. The Labute approximate surface area is 123 Å². The van der Waals surface area contributed by atoms with Gasteiger partial charge >= 0.3 is 0 Å². The van der Waals surface area contributed by atoms with Crippen LogP contribution < -0.4 is 10.5 Å². The molecule has 0 saturated carbocycles. The minimum Gasteiger partial charge on any atom is -0.398 e. The molecule has 0 fully saturated rings. The lowest BCUT2D eigenvalue weighted by Gasteiger charge is -2.14. The SMILES string of the molecule is CC(NS(=O)(=O)c1cc(Br)c(F)cc1N)c1ncc[nH]1. The highest BCUT2D eigenvalue weighted by molar-refractivity contribution is 9.10. The lowest BCUT2D eigenvalue weighted by Crippen LogP contribution is -2.28. The number of aromatic nitrogens is 2. The number of sulfonamides is 1. The minimum atomic E-state index is -3.89. The van der Waals surface area contributed by atoms with Crippen molar-refractivity contribution < 1.29 is 12.8 Å². The molecule has 0 bridgehead atoms. The monoisotopic (exact) mass is 362 g/mol. The first-order chi connectivity index (χ1) is 9.31. The van der Waals surface area contributed by atoms with Gasteiger partial charge < -0.3 is 10.7 Å². The summed E-state index contributed by atoms with van der Waals surface area (Å²) in [7, 11) is -3.89. The van der Waals surface area contributed by atoms with Gasteiger partial charge in [-0.25, -0.2) is 22.5 Å². The largest absolute Gasteiger partial charge is 0.398 e. The Bertz CT molecular complexity index is 718. The van der Waals surface area contributed by atoms with Crippen molar-refractivity contribution in [3.63, 3.8) is 0 Å². The maximum Gasteiger partial charge on any atom is 0.243 e. The van der Waals surface area contributed by atoms with Crippen molar-refractivity contribution in [3.8, 4) is 0 Å². The molecule has 1 unspecified atom stereocenters. The number of halogens is 2. The van der Waals surface area contributed by atoms with Gasteiger partial charge in [-0.1, -0.05) is 0 Å². The van der Waals surface area contributed by atoms with Gasteiger partial charge in [-0.3, -0.25) is 0 Å². The zero-order chi connectivity index (χ0) is 14.9. The van der Waals surface area contributed by atoms with E-state index in [1.807, 2.05) is 0 Å². The molecule has 1 aromatic carbocycles. The van der Waals surface area contributed by atoms with E-state index in [0.717, 1.165) is 12.1 Å². The van der Waals surface area contributed by atoms with E-state index in [2.05, 4.69) is 30.6 Å². The molecule has 108 valence electrons. The molecule has 1 aromatic heterocycles. The van der Waals surface area contributed by atoms with Crippen molar-refractivity contribution in [1.29, 1.82) is 0 Å². The number of H-pyrrole nitrogens is 1. The number of hydrogen-bond donors (Lipinski definition) is 3. The number of nitrogens with zero attached hydrogens (tertiary/aromatic N) is 1. The normalized spacial score (nSPS) is 13.3. The van der Waals surface area contributed by atoms with Crippen LogP contribution in [0.4, 0.5) is 10.1 Å². The zero-order valence-corrected chi connectivity index (χ0v) is 12.8. The number of rotatable bonds is 4. The van der Waals surface area contributed by atoms with Crippen molar-refractivity contribution >= 4 is 31.6 Å². The van der Waals surface area contributed by atoms with E-state index in [1.54, 1.807) is 13.1 Å². The van der Waals surface area contributed by atoms with Crippen molar-refractivity contribution in [1.82, 2.24) is 14.7 Å². The summed E-state index contributed by atoms with van der Waals surface area (Å²) < 4.78 is 40.2. The second-order valence-electron chi connectivity index (χ2n) is 4.12. The quantitative estimate of drug-likeness (QED) is 0.723. The highest BCUT2D eigenvalue weighted by Crippen LogP contribution is 2.27. The number of imidazole rings is 1. The molecule has 2 rings (SSSR count). The van der Waals surface area contributed by atoms with Crippen molar-refractivity contribution in [2.75, 3.05) is 5.73 Å². The summed E-state index contributed by atoms with van der Waals surface area (Å²) in [6.07, 6.45) is 3.10. The molecule has 0 amide bonds. The Morgan fingerprint density at radius 3 is 2.80 bits per heavy atom. The first-order valence-electron chi connectivity index (χ1n) is 5.57. The number of aromatic amines is 1. The fourth-order valence-electron chi connectivity index (χ4n) is 1.64. The predicted molar refractivity (Wildman–Crippen MR) is 75.8 cm³/mol. The summed E-state index contributed by atoms with van der Waals surface area (Å²) >= 11 is 2.94. The first kappa shape index (κ1) is 14.9. The van der Waals surface area contributed by atoms with E-state index in [1.165, 1.54) is 6.20 Å². The number of nitrogens with one attached hydrogen (secondary N) is 2. The number of hydrogen-bond acceptors (Lipinski definition) is 4. The average molecular weight is 363 g/mol. The van der Waals surface area contributed by atoms with E-state index >= 15 is 0 Å². The Morgan fingerprint density at radius 1 is 1.50 bits per heavy atom. The van der Waals surface area contributed by atoms with E-state index in [9.17, 15) is 12.8 Å². The fourth-order valence-corrected chi connectivity index (χ4v) is 3.48. The molecule has 6 nitrogen and oxygen atoms in total.